The van der Waals surface area contributed by atoms with Gasteiger partial charge in [0, 0.05) is 44.9 Å². The predicted molar refractivity (Wildman–Crippen MR) is 106 cm³/mol. The Balaban J connectivity index is 0.00000280. The van der Waals surface area contributed by atoms with E-state index in [0.29, 0.717) is 32.5 Å². The zero-order valence-corrected chi connectivity index (χ0v) is 17.1. The van der Waals surface area contributed by atoms with Gasteiger partial charge in [0.05, 0.1) is 15.7 Å². The molecule has 9 nitrogen and oxygen atoms in total. The summed E-state index contributed by atoms with van der Waals surface area (Å²) < 4.78 is 27.1. The normalized spacial score (nSPS) is 21.4. The van der Waals surface area contributed by atoms with Crippen LogP contribution >= 0.6 is 12.4 Å². The number of amides is 1. The van der Waals surface area contributed by atoms with Crippen molar-refractivity contribution in [3.05, 3.63) is 34.4 Å². The lowest BCUT2D eigenvalue weighted by Crippen LogP contribution is -2.47. The van der Waals surface area contributed by atoms with E-state index < -0.39 is 14.9 Å². The molecule has 1 N–H and O–H groups in total. The zero-order valence-electron chi connectivity index (χ0n) is 15.5. The topological polar surface area (TPSA) is 113 Å². The second-order valence-corrected chi connectivity index (χ2v) is 8.82. The highest BCUT2D eigenvalue weighted by molar-refractivity contribution is 7.89. The van der Waals surface area contributed by atoms with Crippen molar-refractivity contribution in [1.82, 2.24) is 14.5 Å². The summed E-state index contributed by atoms with van der Waals surface area (Å²) in [5.74, 6) is -0.327. The summed E-state index contributed by atoms with van der Waals surface area (Å²) in [6.45, 7) is 3.48. The molecule has 2 saturated heterocycles. The van der Waals surface area contributed by atoms with E-state index in [0.717, 1.165) is 19.5 Å². The predicted octanol–water partition coefficient (Wildman–Crippen LogP) is 1.24. The Kier molecular flexibility index (Phi) is 7.76. The second-order valence-electron chi connectivity index (χ2n) is 6.88. The minimum Gasteiger partial charge on any atom is -0.341 e. The Hall–Kier alpha value is -1.75. The Labute approximate surface area is 170 Å². The molecule has 1 aromatic carbocycles. The summed E-state index contributed by atoms with van der Waals surface area (Å²) in [5.41, 5.74) is -0.157. The van der Waals surface area contributed by atoms with Gasteiger partial charge in [0.1, 0.15) is 0 Å². The number of non-ortho nitro benzene ring substituents is 1. The van der Waals surface area contributed by atoms with Crippen molar-refractivity contribution in [2.45, 2.75) is 24.2 Å². The first-order valence-corrected chi connectivity index (χ1v) is 10.6. The van der Waals surface area contributed by atoms with Crippen LogP contribution in [0.3, 0.4) is 0 Å². The number of nitrogens with zero attached hydrogens (tertiary/aromatic N) is 3. The first kappa shape index (κ1) is 22.5. The Morgan fingerprint density at radius 2 is 1.82 bits per heavy atom. The van der Waals surface area contributed by atoms with Gasteiger partial charge in [0.25, 0.3) is 5.69 Å². The maximum absolute atomic E-state index is 12.9. The van der Waals surface area contributed by atoms with Gasteiger partial charge >= 0.3 is 0 Å². The number of piperidine rings is 1. The lowest BCUT2D eigenvalue weighted by molar-refractivity contribution is -0.384. The quantitative estimate of drug-likeness (QED) is 0.565. The van der Waals surface area contributed by atoms with Gasteiger partial charge in [-0.2, -0.15) is 4.31 Å². The molecule has 0 saturated carbocycles. The SMILES string of the molecule is Cl.O=C(C1CCCN(S(=O)(=O)c2ccc([N+](=O)[O-])cc2)C1)N1CCCNCC1. The van der Waals surface area contributed by atoms with Gasteiger partial charge in [-0.15, -0.1) is 12.4 Å². The van der Waals surface area contributed by atoms with E-state index >= 15 is 0 Å². The lowest BCUT2D eigenvalue weighted by atomic mass is 9.98. The Bertz CT molecular complexity index is 794. The average molecular weight is 433 g/mol. The molecular formula is C17H25ClN4O5S. The molecular weight excluding hydrogens is 408 g/mol. The maximum atomic E-state index is 12.9. The van der Waals surface area contributed by atoms with Crippen molar-refractivity contribution < 1.29 is 18.1 Å². The number of carbonyl (C=O) groups excluding carboxylic acids is 1. The number of halogens is 1. The molecule has 1 atom stereocenters. The third kappa shape index (κ3) is 4.99. The fourth-order valence-corrected chi connectivity index (χ4v) is 5.10. The van der Waals surface area contributed by atoms with Gasteiger partial charge in [0.15, 0.2) is 0 Å². The van der Waals surface area contributed by atoms with Crippen molar-refractivity contribution in [3.8, 4) is 0 Å². The number of hydrogen-bond donors (Lipinski definition) is 1. The van der Waals surface area contributed by atoms with Crippen LogP contribution in [0.1, 0.15) is 19.3 Å². The van der Waals surface area contributed by atoms with Crippen molar-refractivity contribution in [3.63, 3.8) is 0 Å². The molecule has 1 aromatic rings. The molecule has 0 aromatic heterocycles. The molecule has 1 amide bonds. The van der Waals surface area contributed by atoms with E-state index in [1.54, 1.807) is 0 Å². The zero-order chi connectivity index (χ0) is 19.4. The van der Waals surface area contributed by atoms with Crippen LogP contribution in [0.25, 0.3) is 0 Å². The maximum Gasteiger partial charge on any atom is 0.269 e. The molecule has 3 rings (SSSR count). The van der Waals surface area contributed by atoms with Gasteiger partial charge in [-0.3, -0.25) is 14.9 Å². The number of nitro benzene ring substituents is 1. The molecule has 0 spiro atoms. The number of carbonyl (C=O) groups is 1. The smallest absolute Gasteiger partial charge is 0.269 e. The van der Waals surface area contributed by atoms with E-state index in [4.69, 9.17) is 0 Å². The third-order valence-corrected chi connectivity index (χ3v) is 6.95. The number of nitro groups is 1. The minimum absolute atomic E-state index is 0. The molecule has 0 bridgehead atoms. The molecule has 156 valence electrons. The fraction of sp³-hybridized carbons (Fsp3) is 0.588. The van der Waals surface area contributed by atoms with Crippen molar-refractivity contribution in [1.29, 1.82) is 0 Å². The number of benzene rings is 1. The molecule has 2 fully saturated rings. The lowest BCUT2D eigenvalue weighted by Gasteiger charge is -2.34. The van der Waals surface area contributed by atoms with Crippen LogP contribution in [-0.2, 0) is 14.8 Å². The Morgan fingerprint density at radius 1 is 1.11 bits per heavy atom. The first-order chi connectivity index (χ1) is 12.9. The first-order valence-electron chi connectivity index (χ1n) is 9.14. The molecule has 11 heteroatoms. The number of hydrogen-bond acceptors (Lipinski definition) is 6. The standard InChI is InChI=1S/C17H24N4O5S.ClH/c22-17(19-10-2-8-18-9-12-19)14-3-1-11-20(13-14)27(25,26)16-6-4-15(5-7-16)21(23)24;/h4-7,14,18H,1-3,8-13H2;1H. The highest BCUT2D eigenvalue weighted by Crippen LogP contribution is 2.26. The van der Waals surface area contributed by atoms with Crippen LogP contribution in [-0.4, -0.2) is 67.7 Å². The van der Waals surface area contributed by atoms with Gasteiger partial charge in [-0.25, -0.2) is 8.42 Å². The molecule has 2 aliphatic heterocycles. The van der Waals surface area contributed by atoms with E-state index in [2.05, 4.69) is 5.32 Å². The van der Waals surface area contributed by atoms with Crippen LogP contribution < -0.4 is 5.32 Å². The van der Waals surface area contributed by atoms with Crippen LogP contribution in [0.2, 0.25) is 0 Å². The third-order valence-electron chi connectivity index (χ3n) is 5.07. The van der Waals surface area contributed by atoms with Crippen LogP contribution in [0.4, 0.5) is 5.69 Å². The van der Waals surface area contributed by atoms with Crippen molar-refractivity contribution in [2.24, 2.45) is 5.92 Å². The van der Waals surface area contributed by atoms with Crippen LogP contribution in [0, 0.1) is 16.0 Å². The molecule has 2 heterocycles. The fourth-order valence-electron chi connectivity index (χ4n) is 3.58. The summed E-state index contributed by atoms with van der Waals surface area (Å²) in [5, 5.41) is 14.0. The molecule has 1 unspecified atom stereocenters. The second kappa shape index (κ2) is 9.64. The van der Waals surface area contributed by atoms with Crippen LogP contribution in [0.5, 0.6) is 0 Å². The molecule has 0 radical (unpaired) electrons. The van der Waals surface area contributed by atoms with Gasteiger partial charge in [-0.05, 0) is 37.9 Å². The minimum atomic E-state index is -3.78. The highest BCUT2D eigenvalue weighted by Gasteiger charge is 2.35. The summed E-state index contributed by atoms with van der Waals surface area (Å²) in [4.78, 5) is 24.9. The largest absolute Gasteiger partial charge is 0.341 e. The van der Waals surface area contributed by atoms with E-state index in [1.807, 2.05) is 4.90 Å². The van der Waals surface area contributed by atoms with E-state index in [1.165, 1.54) is 28.6 Å². The van der Waals surface area contributed by atoms with E-state index in [-0.39, 0.29) is 41.4 Å². The average Bonchev–Trinajstić information content (AvgIpc) is 2.97. The van der Waals surface area contributed by atoms with Gasteiger partial charge < -0.3 is 10.2 Å². The number of rotatable bonds is 4. The van der Waals surface area contributed by atoms with Gasteiger partial charge in [0.2, 0.25) is 15.9 Å². The summed E-state index contributed by atoms with van der Waals surface area (Å²) >= 11 is 0. The van der Waals surface area contributed by atoms with Crippen molar-refractivity contribution in [2.75, 3.05) is 39.3 Å². The number of sulfonamides is 1. The van der Waals surface area contributed by atoms with Gasteiger partial charge in [-0.1, -0.05) is 0 Å². The molecule has 0 aliphatic carbocycles. The van der Waals surface area contributed by atoms with E-state index in [9.17, 15) is 23.3 Å². The summed E-state index contributed by atoms with van der Waals surface area (Å²) in [6.07, 6.45) is 2.19. The molecule has 2 aliphatic rings. The summed E-state index contributed by atoms with van der Waals surface area (Å²) in [6, 6.07) is 4.87. The monoisotopic (exact) mass is 432 g/mol. The number of nitrogens with one attached hydrogen (secondary N) is 1. The molecule has 28 heavy (non-hydrogen) atoms. The highest BCUT2D eigenvalue weighted by atomic mass is 35.5. The van der Waals surface area contributed by atoms with Crippen LogP contribution in [0.15, 0.2) is 29.2 Å². The van der Waals surface area contributed by atoms with Crippen molar-refractivity contribution >= 4 is 34.0 Å². The summed E-state index contributed by atoms with van der Waals surface area (Å²) in [7, 11) is -3.78. The Morgan fingerprint density at radius 3 is 2.50 bits per heavy atom.